The van der Waals surface area contributed by atoms with Crippen LogP contribution in [0.1, 0.15) is 38.6 Å². The number of benzene rings is 1. The van der Waals surface area contributed by atoms with Gasteiger partial charge in [0.1, 0.15) is 5.69 Å². The van der Waals surface area contributed by atoms with Crippen LogP contribution < -0.4 is 0 Å². The first kappa shape index (κ1) is 17.0. The van der Waals surface area contributed by atoms with Gasteiger partial charge in [-0.15, -0.1) is 0 Å². The molecule has 7 heteroatoms. The van der Waals surface area contributed by atoms with Crippen molar-refractivity contribution in [3.63, 3.8) is 0 Å². The van der Waals surface area contributed by atoms with Gasteiger partial charge in [-0.25, -0.2) is 13.2 Å². The molecule has 6 nitrogen and oxygen atoms in total. The Morgan fingerprint density at radius 2 is 2.04 bits per heavy atom. The van der Waals surface area contributed by atoms with Gasteiger partial charge in [0.15, 0.2) is 0 Å². The molecule has 2 aromatic rings. The standard InChI is InChI=1S/C17H22N2O4S.H2/c1-3-23-17(20)16-10-13-4-5-14(11-15(13)18-16)24(21,22)19-8-6-12(2)7-9-19;/h4-5,10-12,18H,3,6-9H2,1-2H3;1H. The minimum absolute atomic E-state index is 0. The molecule has 3 rings (SSSR count). The molecule has 0 amide bonds. The number of sulfonamides is 1. The molecular weight excluding hydrogens is 328 g/mol. The highest BCUT2D eigenvalue weighted by molar-refractivity contribution is 7.89. The minimum Gasteiger partial charge on any atom is -0.461 e. The number of aromatic amines is 1. The number of ether oxygens (including phenoxy) is 1. The number of nitrogens with zero attached hydrogens (tertiary/aromatic N) is 1. The number of hydrogen-bond donors (Lipinski definition) is 1. The predicted molar refractivity (Wildman–Crippen MR) is 93.5 cm³/mol. The molecule has 0 bridgehead atoms. The van der Waals surface area contributed by atoms with Crippen molar-refractivity contribution in [1.82, 2.24) is 9.29 Å². The van der Waals surface area contributed by atoms with Gasteiger partial charge in [0.2, 0.25) is 10.0 Å². The maximum atomic E-state index is 12.8. The van der Waals surface area contributed by atoms with Crippen LogP contribution in [0.25, 0.3) is 10.9 Å². The van der Waals surface area contributed by atoms with Crippen molar-refractivity contribution < 1.29 is 19.4 Å². The molecule has 1 N–H and O–H groups in total. The molecule has 0 atom stereocenters. The van der Waals surface area contributed by atoms with E-state index >= 15 is 0 Å². The molecule has 1 aromatic carbocycles. The smallest absolute Gasteiger partial charge is 0.354 e. The summed E-state index contributed by atoms with van der Waals surface area (Å²) in [5.74, 6) is 0.123. The summed E-state index contributed by atoms with van der Waals surface area (Å²) in [6, 6.07) is 6.57. The van der Waals surface area contributed by atoms with Crippen LogP contribution in [0, 0.1) is 5.92 Å². The molecule has 0 radical (unpaired) electrons. The summed E-state index contributed by atoms with van der Waals surface area (Å²) < 4.78 is 32.1. The van der Waals surface area contributed by atoms with Crippen LogP contribution in [0.15, 0.2) is 29.2 Å². The van der Waals surface area contributed by atoms with Gasteiger partial charge >= 0.3 is 5.97 Å². The second kappa shape index (κ2) is 6.57. The van der Waals surface area contributed by atoms with Gasteiger partial charge in [0.05, 0.1) is 11.5 Å². The average Bonchev–Trinajstić information content (AvgIpc) is 2.98. The number of carbonyl (C=O) groups excluding carboxylic acids is 1. The van der Waals surface area contributed by atoms with Gasteiger partial charge < -0.3 is 9.72 Å². The molecule has 0 spiro atoms. The Morgan fingerprint density at radius 3 is 2.71 bits per heavy atom. The predicted octanol–water partition coefficient (Wildman–Crippen LogP) is 3.01. The first-order valence-corrected chi connectivity index (χ1v) is 9.66. The van der Waals surface area contributed by atoms with E-state index in [9.17, 15) is 13.2 Å². The number of nitrogens with one attached hydrogen (secondary N) is 1. The lowest BCUT2D eigenvalue weighted by atomic mass is 10.0. The van der Waals surface area contributed by atoms with Crippen molar-refractivity contribution in [3.05, 3.63) is 30.0 Å². The summed E-state index contributed by atoms with van der Waals surface area (Å²) in [5.41, 5.74) is 0.942. The SMILES string of the molecule is CCOC(=O)c1cc2ccc(S(=O)(=O)N3CCC(C)CC3)cc2[nH]1.[HH]. The highest BCUT2D eigenvalue weighted by atomic mass is 32.2. The van der Waals surface area contributed by atoms with Crippen molar-refractivity contribution in [2.75, 3.05) is 19.7 Å². The van der Waals surface area contributed by atoms with Crippen LogP contribution in [0.4, 0.5) is 0 Å². The highest BCUT2D eigenvalue weighted by Crippen LogP contribution is 2.26. The number of piperidine rings is 1. The molecular formula is C17H24N2O4S. The van der Waals surface area contributed by atoms with E-state index in [0.29, 0.717) is 36.8 Å². The van der Waals surface area contributed by atoms with E-state index in [0.717, 1.165) is 18.2 Å². The van der Waals surface area contributed by atoms with E-state index in [1.54, 1.807) is 35.5 Å². The van der Waals surface area contributed by atoms with E-state index in [2.05, 4.69) is 11.9 Å². The van der Waals surface area contributed by atoms with Gasteiger partial charge in [-0.05, 0) is 43.9 Å². The molecule has 1 aliphatic rings. The first-order chi connectivity index (χ1) is 11.4. The summed E-state index contributed by atoms with van der Waals surface area (Å²) in [6.07, 6.45) is 1.77. The summed E-state index contributed by atoms with van der Waals surface area (Å²) in [6.45, 7) is 5.29. The number of fused-ring (bicyclic) bond motifs is 1. The summed E-state index contributed by atoms with van der Waals surface area (Å²) >= 11 is 0. The quantitative estimate of drug-likeness (QED) is 0.858. The van der Waals surface area contributed by atoms with Gasteiger partial charge in [-0.3, -0.25) is 0 Å². The maximum Gasteiger partial charge on any atom is 0.354 e. The lowest BCUT2D eigenvalue weighted by Crippen LogP contribution is -2.37. The van der Waals surface area contributed by atoms with Crippen molar-refractivity contribution in [1.29, 1.82) is 0 Å². The summed E-state index contributed by atoms with van der Waals surface area (Å²) in [4.78, 5) is 15.0. The molecule has 2 heterocycles. The van der Waals surface area contributed by atoms with E-state index < -0.39 is 16.0 Å². The van der Waals surface area contributed by atoms with Crippen LogP contribution in [0.3, 0.4) is 0 Å². The number of esters is 1. The Hall–Kier alpha value is -1.86. The fourth-order valence-electron chi connectivity index (χ4n) is 2.96. The van der Waals surface area contributed by atoms with Crippen molar-refractivity contribution in [3.8, 4) is 0 Å². The Balaban J connectivity index is 0.00000225. The van der Waals surface area contributed by atoms with Crippen LogP contribution in [-0.4, -0.2) is 43.4 Å². The number of aromatic nitrogens is 1. The van der Waals surface area contributed by atoms with E-state index in [-0.39, 0.29) is 6.32 Å². The maximum absolute atomic E-state index is 12.8. The zero-order chi connectivity index (χ0) is 17.3. The Morgan fingerprint density at radius 1 is 1.33 bits per heavy atom. The van der Waals surface area contributed by atoms with Crippen molar-refractivity contribution >= 4 is 26.9 Å². The fourth-order valence-corrected chi connectivity index (χ4v) is 4.46. The second-order valence-corrected chi connectivity index (χ2v) is 8.18. The molecule has 24 heavy (non-hydrogen) atoms. The van der Waals surface area contributed by atoms with Crippen LogP contribution in [-0.2, 0) is 14.8 Å². The summed E-state index contributed by atoms with van der Waals surface area (Å²) in [7, 11) is -3.50. The van der Waals surface area contributed by atoms with E-state index in [1.165, 1.54) is 0 Å². The number of hydrogen-bond acceptors (Lipinski definition) is 4. The monoisotopic (exact) mass is 352 g/mol. The number of carbonyl (C=O) groups is 1. The summed E-state index contributed by atoms with van der Waals surface area (Å²) in [5, 5.41) is 0.782. The van der Waals surface area contributed by atoms with Gasteiger partial charge in [-0.2, -0.15) is 4.31 Å². The molecule has 1 saturated heterocycles. The third-order valence-corrected chi connectivity index (χ3v) is 6.36. The van der Waals surface area contributed by atoms with Gasteiger partial charge in [0.25, 0.3) is 0 Å². The van der Waals surface area contributed by atoms with Crippen molar-refractivity contribution in [2.45, 2.75) is 31.6 Å². The molecule has 0 aliphatic carbocycles. The largest absolute Gasteiger partial charge is 0.461 e. The van der Waals surface area contributed by atoms with Crippen LogP contribution in [0.2, 0.25) is 0 Å². The third kappa shape index (κ3) is 3.18. The van der Waals surface area contributed by atoms with Crippen molar-refractivity contribution in [2.24, 2.45) is 5.92 Å². The normalized spacial score (nSPS) is 17.2. The first-order valence-electron chi connectivity index (χ1n) is 8.22. The molecule has 1 aliphatic heterocycles. The zero-order valence-corrected chi connectivity index (χ0v) is 14.7. The molecule has 0 saturated carbocycles. The fraction of sp³-hybridized carbons (Fsp3) is 0.471. The second-order valence-electron chi connectivity index (χ2n) is 6.24. The lowest BCUT2D eigenvalue weighted by molar-refractivity contribution is 0.0520. The number of H-pyrrole nitrogens is 1. The van der Waals surface area contributed by atoms with Crippen LogP contribution in [0.5, 0.6) is 0 Å². The van der Waals surface area contributed by atoms with E-state index in [4.69, 9.17) is 4.74 Å². The van der Waals surface area contributed by atoms with E-state index in [1.807, 2.05) is 0 Å². The highest BCUT2D eigenvalue weighted by Gasteiger charge is 2.28. The Labute approximate surface area is 143 Å². The van der Waals surface area contributed by atoms with Gasteiger partial charge in [0, 0.05) is 25.4 Å². The third-order valence-electron chi connectivity index (χ3n) is 4.47. The van der Waals surface area contributed by atoms with Gasteiger partial charge in [-0.1, -0.05) is 13.0 Å². The zero-order valence-electron chi connectivity index (χ0n) is 13.9. The lowest BCUT2D eigenvalue weighted by Gasteiger charge is -2.29. The Bertz CT molecular complexity index is 855. The van der Waals surface area contributed by atoms with Crippen LogP contribution >= 0.6 is 0 Å². The average molecular weight is 352 g/mol. The molecule has 132 valence electrons. The minimum atomic E-state index is -3.50. The topological polar surface area (TPSA) is 79.5 Å². The Kier molecular flexibility index (Phi) is 4.64. The molecule has 0 unspecified atom stereocenters. The molecule has 1 fully saturated rings. The number of rotatable bonds is 4. The molecule has 1 aromatic heterocycles.